The molecule has 16 heavy (non-hydrogen) atoms. The van der Waals surface area contributed by atoms with E-state index in [2.05, 4.69) is 4.98 Å². The van der Waals surface area contributed by atoms with Gasteiger partial charge in [0.05, 0.1) is 18.4 Å². The van der Waals surface area contributed by atoms with Crippen LogP contribution in [0.1, 0.15) is 25.0 Å². The molecule has 0 aliphatic carbocycles. The van der Waals surface area contributed by atoms with Crippen molar-refractivity contribution in [2.75, 3.05) is 0 Å². The fourth-order valence-corrected chi connectivity index (χ4v) is 1.72. The van der Waals surface area contributed by atoms with Crippen molar-refractivity contribution in [2.45, 2.75) is 25.8 Å². The normalized spacial score (nSPS) is 12.4. The maximum absolute atomic E-state index is 11.0. The summed E-state index contributed by atoms with van der Waals surface area (Å²) >= 11 is 5.76. The minimum Gasteiger partial charge on any atom is -0.481 e. The zero-order valence-electron chi connectivity index (χ0n) is 8.55. The molecule has 0 fully saturated rings. The molecular weight excluding hydrogens is 236 g/mol. The van der Waals surface area contributed by atoms with Gasteiger partial charge in [0.15, 0.2) is 5.15 Å². The lowest BCUT2D eigenvalue weighted by Crippen LogP contribution is -2.19. The van der Waals surface area contributed by atoms with Crippen LogP contribution in [0, 0.1) is 0 Å². The van der Waals surface area contributed by atoms with Crippen molar-refractivity contribution < 1.29 is 19.8 Å². The first-order valence-corrected chi connectivity index (χ1v) is 5.00. The maximum Gasteiger partial charge on any atom is 0.313 e. The van der Waals surface area contributed by atoms with Crippen molar-refractivity contribution in [2.24, 2.45) is 0 Å². The number of imidazole rings is 1. The number of halogens is 1. The number of carboxylic acid groups (broad SMARTS) is 2. The van der Waals surface area contributed by atoms with Crippen LogP contribution in [0.4, 0.5) is 0 Å². The molecule has 1 unspecified atom stereocenters. The number of rotatable bonds is 5. The Hall–Kier alpha value is -1.56. The Balaban J connectivity index is 3.14. The molecule has 0 aliphatic rings. The second-order valence-electron chi connectivity index (χ2n) is 3.20. The monoisotopic (exact) mass is 246 g/mol. The zero-order valence-corrected chi connectivity index (χ0v) is 9.31. The highest BCUT2D eigenvalue weighted by atomic mass is 35.5. The highest BCUT2D eigenvalue weighted by Crippen LogP contribution is 2.26. The van der Waals surface area contributed by atoms with Gasteiger partial charge in [-0.2, -0.15) is 0 Å². The summed E-state index contributed by atoms with van der Waals surface area (Å²) in [6, 6.07) is 0. The second kappa shape index (κ2) is 4.98. The average molecular weight is 247 g/mol. The smallest absolute Gasteiger partial charge is 0.313 e. The quantitative estimate of drug-likeness (QED) is 0.814. The van der Waals surface area contributed by atoms with Crippen LogP contribution in [0.2, 0.25) is 5.15 Å². The number of aliphatic carboxylic acids is 2. The molecule has 0 aliphatic heterocycles. The molecule has 0 aromatic carbocycles. The molecular formula is C9H11ClN2O4. The number of nitrogens with zero attached hydrogens (tertiary/aromatic N) is 2. The van der Waals surface area contributed by atoms with Gasteiger partial charge in [0.25, 0.3) is 0 Å². The van der Waals surface area contributed by atoms with Crippen LogP contribution in [-0.2, 0) is 16.1 Å². The van der Waals surface area contributed by atoms with E-state index in [1.54, 1.807) is 6.92 Å². The molecule has 0 amide bonds. The number of hydrogen-bond acceptors (Lipinski definition) is 3. The first-order valence-electron chi connectivity index (χ1n) is 4.62. The van der Waals surface area contributed by atoms with Crippen molar-refractivity contribution in [1.29, 1.82) is 0 Å². The Morgan fingerprint density at radius 1 is 1.56 bits per heavy atom. The third-order valence-corrected chi connectivity index (χ3v) is 2.47. The summed E-state index contributed by atoms with van der Waals surface area (Å²) in [6.45, 7) is 2.28. The van der Waals surface area contributed by atoms with E-state index in [-0.39, 0.29) is 10.8 Å². The van der Waals surface area contributed by atoms with Crippen molar-refractivity contribution in [3.63, 3.8) is 0 Å². The lowest BCUT2D eigenvalue weighted by molar-refractivity contribution is -0.145. The van der Waals surface area contributed by atoms with Crippen LogP contribution in [0.25, 0.3) is 0 Å². The van der Waals surface area contributed by atoms with E-state index in [0.29, 0.717) is 6.54 Å². The van der Waals surface area contributed by atoms with Gasteiger partial charge in [-0.3, -0.25) is 9.59 Å². The van der Waals surface area contributed by atoms with E-state index in [4.69, 9.17) is 21.8 Å². The molecule has 2 N–H and O–H groups in total. The number of hydrogen-bond donors (Lipinski definition) is 2. The van der Waals surface area contributed by atoms with Crippen LogP contribution in [-0.4, -0.2) is 31.7 Å². The van der Waals surface area contributed by atoms with Crippen LogP contribution < -0.4 is 0 Å². The van der Waals surface area contributed by atoms with E-state index in [9.17, 15) is 9.59 Å². The van der Waals surface area contributed by atoms with Gasteiger partial charge in [0.2, 0.25) is 0 Å². The number of carboxylic acids is 2. The molecule has 1 atom stereocenters. The highest BCUT2D eigenvalue weighted by Gasteiger charge is 2.28. The molecule has 1 rings (SSSR count). The Labute approximate surface area is 96.5 Å². The molecule has 88 valence electrons. The van der Waals surface area contributed by atoms with Gasteiger partial charge in [-0.1, -0.05) is 11.6 Å². The molecule has 0 radical (unpaired) electrons. The van der Waals surface area contributed by atoms with Gasteiger partial charge >= 0.3 is 11.9 Å². The van der Waals surface area contributed by atoms with E-state index in [0.717, 1.165) is 0 Å². The Morgan fingerprint density at radius 2 is 2.19 bits per heavy atom. The minimum atomic E-state index is -1.22. The topological polar surface area (TPSA) is 92.4 Å². The lowest BCUT2D eigenvalue weighted by atomic mass is 10.0. The Bertz CT molecular complexity index is 416. The van der Waals surface area contributed by atoms with Crippen LogP contribution >= 0.6 is 11.6 Å². The summed E-state index contributed by atoms with van der Waals surface area (Å²) < 4.78 is 1.53. The molecule has 1 aromatic rings. The van der Waals surface area contributed by atoms with Crippen LogP contribution in [0.3, 0.4) is 0 Å². The maximum atomic E-state index is 11.0. The fraction of sp³-hybridized carbons (Fsp3) is 0.444. The fourth-order valence-electron chi connectivity index (χ4n) is 1.44. The van der Waals surface area contributed by atoms with Gasteiger partial charge in [-0.25, -0.2) is 4.98 Å². The molecule has 6 nitrogen and oxygen atoms in total. The third kappa shape index (κ3) is 2.52. The molecule has 0 saturated carbocycles. The standard InChI is InChI=1S/C9H11ClN2O4/c1-2-12-4-11-8(10)7(12)5(9(15)16)3-6(13)14/h4-5H,2-3H2,1H3,(H,13,14)(H,15,16). The Morgan fingerprint density at radius 3 is 2.62 bits per heavy atom. The Kier molecular flexibility index (Phi) is 3.89. The average Bonchev–Trinajstić information content (AvgIpc) is 2.55. The second-order valence-corrected chi connectivity index (χ2v) is 3.55. The predicted molar refractivity (Wildman–Crippen MR) is 55.5 cm³/mol. The predicted octanol–water partition coefficient (Wildman–Crippen LogP) is 1.20. The minimum absolute atomic E-state index is 0.0375. The van der Waals surface area contributed by atoms with Crippen LogP contribution in [0.5, 0.6) is 0 Å². The summed E-state index contributed by atoms with van der Waals surface area (Å²) in [5.41, 5.74) is 0.235. The zero-order chi connectivity index (χ0) is 12.3. The first kappa shape index (κ1) is 12.5. The van der Waals surface area contributed by atoms with Gasteiger partial charge in [-0.05, 0) is 6.92 Å². The van der Waals surface area contributed by atoms with Crippen molar-refractivity contribution in [1.82, 2.24) is 9.55 Å². The van der Waals surface area contributed by atoms with Gasteiger partial charge in [-0.15, -0.1) is 0 Å². The molecule has 1 aromatic heterocycles. The van der Waals surface area contributed by atoms with Crippen LogP contribution in [0.15, 0.2) is 6.33 Å². The molecule has 7 heteroatoms. The number of aryl methyl sites for hydroxylation is 1. The summed E-state index contributed by atoms with van der Waals surface area (Å²) in [5.74, 6) is -3.58. The summed E-state index contributed by atoms with van der Waals surface area (Å²) in [6.07, 6.45) is 0.885. The SMILES string of the molecule is CCn1cnc(Cl)c1C(CC(=O)O)C(=O)O. The van der Waals surface area contributed by atoms with Crippen molar-refractivity contribution in [3.05, 3.63) is 17.2 Å². The van der Waals surface area contributed by atoms with Gasteiger partial charge in [0, 0.05) is 6.54 Å². The number of aromatic nitrogens is 2. The van der Waals surface area contributed by atoms with Gasteiger partial charge in [0.1, 0.15) is 5.92 Å². The van der Waals surface area contributed by atoms with Gasteiger partial charge < -0.3 is 14.8 Å². The van der Waals surface area contributed by atoms with Crippen molar-refractivity contribution in [3.8, 4) is 0 Å². The first-order chi connectivity index (χ1) is 7.47. The van der Waals surface area contributed by atoms with E-state index < -0.39 is 24.3 Å². The third-order valence-electron chi connectivity index (χ3n) is 2.18. The summed E-state index contributed by atoms with van der Waals surface area (Å²) in [4.78, 5) is 25.3. The van der Waals surface area contributed by atoms with E-state index >= 15 is 0 Å². The highest BCUT2D eigenvalue weighted by molar-refractivity contribution is 6.30. The number of carbonyl (C=O) groups is 2. The largest absolute Gasteiger partial charge is 0.481 e. The van der Waals surface area contributed by atoms with E-state index in [1.165, 1.54) is 10.9 Å². The molecule has 0 spiro atoms. The molecule has 0 bridgehead atoms. The summed E-state index contributed by atoms with van der Waals surface area (Å²) in [7, 11) is 0. The molecule has 0 saturated heterocycles. The summed E-state index contributed by atoms with van der Waals surface area (Å²) in [5, 5.41) is 17.7. The lowest BCUT2D eigenvalue weighted by Gasteiger charge is -2.12. The van der Waals surface area contributed by atoms with Crippen molar-refractivity contribution >= 4 is 23.5 Å². The van der Waals surface area contributed by atoms with E-state index in [1.807, 2.05) is 0 Å². The molecule has 1 heterocycles.